The number of amides is 2. The molecule has 36 heavy (non-hydrogen) atoms. The van der Waals surface area contributed by atoms with Crippen molar-refractivity contribution in [3.8, 4) is 11.3 Å². The summed E-state index contributed by atoms with van der Waals surface area (Å²) in [5, 5.41) is 5.53. The van der Waals surface area contributed by atoms with E-state index in [9.17, 15) is 18.4 Å². The number of halogens is 2. The molecule has 1 aliphatic rings. The number of anilines is 2. The third kappa shape index (κ3) is 5.67. The van der Waals surface area contributed by atoms with Gasteiger partial charge in [-0.05, 0) is 69.0 Å². The van der Waals surface area contributed by atoms with Gasteiger partial charge in [0.05, 0.1) is 17.6 Å². The van der Waals surface area contributed by atoms with Crippen molar-refractivity contribution in [2.24, 2.45) is 5.92 Å². The molecule has 2 amide bonds. The van der Waals surface area contributed by atoms with Crippen LogP contribution in [-0.4, -0.2) is 40.9 Å². The number of carbonyl (C=O) groups excluding carboxylic acids is 2. The van der Waals surface area contributed by atoms with Crippen LogP contribution in [0.5, 0.6) is 0 Å². The predicted molar refractivity (Wildman–Crippen MR) is 135 cm³/mol. The Morgan fingerprint density at radius 2 is 1.86 bits per heavy atom. The summed E-state index contributed by atoms with van der Waals surface area (Å²) in [6.45, 7) is 7.52. The van der Waals surface area contributed by atoms with Crippen molar-refractivity contribution in [3.63, 3.8) is 0 Å². The van der Waals surface area contributed by atoms with Gasteiger partial charge in [-0.25, -0.2) is 13.8 Å². The molecule has 3 aromatic rings. The molecule has 9 heteroatoms. The van der Waals surface area contributed by atoms with E-state index in [0.717, 1.165) is 43.8 Å². The lowest BCUT2D eigenvalue weighted by atomic mass is 10.00. The van der Waals surface area contributed by atoms with Gasteiger partial charge in [0.2, 0.25) is 0 Å². The average molecular weight is 494 g/mol. The third-order valence-corrected chi connectivity index (χ3v) is 6.03. The summed E-state index contributed by atoms with van der Waals surface area (Å²) >= 11 is 0. The van der Waals surface area contributed by atoms with Crippen LogP contribution in [0.2, 0.25) is 0 Å². The van der Waals surface area contributed by atoms with Crippen molar-refractivity contribution in [3.05, 3.63) is 71.7 Å². The number of piperidine rings is 1. The Labute approximate surface area is 209 Å². The lowest BCUT2D eigenvalue weighted by molar-refractivity contribution is 0.0942. The molecule has 4 rings (SSSR count). The molecule has 188 valence electrons. The number of nitrogens with zero attached hydrogens (tertiary/aromatic N) is 3. The van der Waals surface area contributed by atoms with E-state index in [0.29, 0.717) is 11.6 Å². The first-order valence-corrected chi connectivity index (χ1v) is 12.0. The van der Waals surface area contributed by atoms with Crippen LogP contribution < -0.4 is 15.5 Å². The van der Waals surface area contributed by atoms with E-state index in [4.69, 9.17) is 0 Å². The molecule has 0 saturated carbocycles. The number of rotatable bonds is 6. The summed E-state index contributed by atoms with van der Waals surface area (Å²) in [4.78, 5) is 35.9. The smallest absolute Gasteiger partial charge is 0.274 e. The van der Waals surface area contributed by atoms with Gasteiger partial charge >= 0.3 is 0 Å². The third-order valence-electron chi connectivity index (χ3n) is 6.03. The maximum atomic E-state index is 14.7. The number of benzene rings is 1. The number of nitrogens with one attached hydrogen (secondary N) is 2. The standard InChI is InChI=1S/C27H29F2N5O2/c1-16(2)31-26(35)18-6-7-20(28)19(13-18)25-21(29)8-9-22(32-25)27(36)33-23-14-30-11-10-24(23)34-12-4-5-17(3)15-34/h6-11,13-14,16-17H,4-5,12,15H2,1-3H3,(H,31,35)(H,33,36)/t17-/m0/s1. The molecule has 1 atom stereocenters. The van der Waals surface area contributed by atoms with Crippen LogP contribution in [0.3, 0.4) is 0 Å². The fourth-order valence-corrected chi connectivity index (χ4v) is 4.30. The van der Waals surface area contributed by atoms with Gasteiger partial charge in [-0.3, -0.25) is 14.6 Å². The molecule has 0 spiro atoms. The number of hydrogen-bond donors (Lipinski definition) is 2. The van der Waals surface area contributed by atoms with Crippen molar-refractivity contribution >= 4 is 23.2 Å². The van der Waals surface area contributed by atoms with Crippen molar-refractivity contribution in [2.45, 2.75) is 39.7 Å². The number of aromatic nitrogens is 2. The molecule has 1 fully saturated rings. The monoisotopic (exact) mass is 493 g/mol. The highest BCUT2D eigenvalue weighted by Gasteiger charge is 2.22. The summed E-state index contributed by atoms with van der Waals surface area (Å²) in [5.41, 5.74) is 0.875. The van der Waals surface area contributed by atoms with Gasteiger partial charge in [0.25, 0.3) is 11.8 Å². The van der Waals surface area contributed by atoms with E-state index in [2.05, 4.69) is 32.4 Å². The van der Waals surface area contributed by atoms with Gasteiger partial charge < -0.3 is 15.5 Å². The Bertz CT molecular complexity index is 1280. The van der Waals surface area contributed by atoms with Gasteiger partial charge in [0.15, 0.2) is 0 Å². The van der Waals surface area contributed by atoms with Gasteiger partial charge in [-0.1, -0.05) is 6.92 Å². The topological polar surface area (TPSA) is 87.2 Å². The molecule has 7 nitrogen and oxygen atoms in total. The first kappa shape index (κ1) is 25.2. The molecule has 2 N–H and O–H groups in total. The molecule has 0 bridgehead atoms. The number of pyridine rings is 2. The molecular weight excluding hydrogens is 464 g/mol. The Hall–Kier alpha value is -3.88. The lowest BCUT2D eigenvalue weighted by Crippen LogP contribution is -2.35. The lowest BCUT2D eigenvalue weighted by Gasteiger charge is -2.33. The quantitative estimate of drug-likeness (QED) is 0.502. The zero-order valence-electron chi connectivity index (χ0n) is 20.5. The Balaban J connectivity index is 1.62. The van der Waals surface area contributed by atoms with E-state index < -0.39 is 23.4 Å². The first-order valence-electron chi connectivity index (χ1n) is 12.0. The number of hydrogen-bond acceptors (Lipinski definition) is 5. The summed E-state index contributed by atoms with van der Waals surface area (Å²) in [7, 11) is 0. The summed E-state index contributed by atoms with van der Waals surface area (Å²) in [6.07, 6.45) is 5.44. The summed E-state index contributed by atoms with van der Waals surface area (Å²) < 4.78 is 29.4. The van der Waals surface area contributed by atoms with E-state index in [1.54, 1.807) is 26.2 Å². The van der Waals surface area contributed by atoms with Crippen LogP contribution in [-0.2, 0) is 0 Å². The normalized spacial score (nSPS) is 15.6. The second-order valence-corrected chi connectivity index (χ2v) is 9.39. The zero-order valence-corrected chi connectivity index (χ0v) is 20.5. The highest BCUT2D eigenvalue weighted by Crippen LogP contribution is 2.30. The molecule has 2 aromatic heterocycles. The molecule has 3 heterocycles. The SMILES string of the molecule is CC(C)NC(=O)c1ccc(F)c(-c2nc(C(=O)Nc3cnccc3N3CCC[C@H](C)C3)ccc2F)c1. The van der Waals surface area contributed by atoms with E-state index in [-0.39, 0.29) is 28.6 Å². The van der Waals surface area contributed by atoms with Gasteiger partial charge in [0.1, 0.15) is 23.0 Å². The van der Waals surface area contributed by atoms with E-state index in [1.165, 1.54) is 18.2 Å². The molecule has 1 aromatic carbocycles. The fraction of sp³-hybridized carbons (Fsp3) is 0.333. The van der Waals surface area contributed by atoms with Crippen molar-refractivity contribution in [1.82, 2.24) is 15.3 Å². The van der Waals surface area contributed by atoms with Crippen LogP contribution in [0.4, 0.5) is 20.2 Å². The molecule has 0 unspecified atom stereocenters. The zero-order chi connectivity index (χ0) is 25.8. The molecule has 1 saturated heterocycles. The Morgan fingerprint density at radius 3 is 2.61 bits per heavy atom. The van der Waals surface area contributed by atoms with Gasteiger partial charge in [-0.15, -0.1) is 0 Å². The van der Waals surface area contributed by atoms with Crippen LogP contribution in [0, 0.1) is 17.6 Å². The minimum absolute atomic E-state index is 0.0929. The molecule has 1 aliphatic heterocycles. The van der Waals surface area contributed by atoms with Crippen LogP contribution in [0.1, 0.15) is 54.5 Å². The van der Waals surface area contributed by atoms with Crippen LogP contribution in [0.15, 0.2) is 48.8 Å². The molecular formula is C27H29F2N5O2. The van der Waals surface area contributed by atoms with E-state index in [1.807, 2.05) is 6.07 Å². The first-order chi connectivity index (χ1) is 17.2. The largest absolute Gasteiger partial charge is 0.369 e. The summed E-state index contributed by atoms with van der Waals surface area (Å²) in [6, 6.07) is 7.65. The Kier molecular flexibility index (Phi) is 7.57. The van der Waals surface area contributed by atoms with Gasteiger partial charge in [-0.2, -0.15) is 0 Å². The molecule has 0 aliphatic carbocycles. The average Bonchev–Trinajstić information content (AvgIpc) is 2.84. The van der Waals surface area contributed by atoms with Gasteiger partial charge in [0, 0.05) is 36.5 Å². The molecule has 0 radical (unpaired) electrons. The predicted octanol–water partition coefficient (Wildman–Crippen LogP) is 5.05. The minimum Gasteiger partial charge on any atom is -0.369 e. The second kappa shape index (κ2) is 10.8. The second-order valence-electron chi connectivity index (χ2n) is 9.39. The van der Waals surface area contributed by atoms with Crippen molar-refractivity contribution < 1.29 is 18.4 Å². The van der Waals surface area contributed by atoms with Crippen LogP contribution >= 0.6 is 0 Å². The van der Waals surface area contributed by atoms with Crippen LogP contribution in [0.25, 0.3) is 11.3 Å². The maximum absolute atomic E-state index is 14.7. The summed E-state index contributed by atoms with van der Waals surface area (Å²) in [5.74, 6) is -2.03. The fourth-order valence-electron chi connectivity index (χ4n) is 4.30. The van der Waals surface area contributed by atoms with Crippen molar-refractivity contribution in [2.75, 3.05) is 23.3 Å². The highest BCUT2D eigenvalue weighted by molar-refractivity contribution is 6.05. The van der Waals surface area contributed by atoms with Crippen molar-refractivity contribution in [1.29, 1.82) is 0 Å². The Morgan fingerprint density at radius 1 is 1.08 bits per heavy atom. The maximum Gasteiger partial charge on any atom is 0.274 e. The highest BCUT2D eigenvalue weighted by atomic mass is 19.1. The number of carbonyl (C=O) groups is 2. The minimum atomic E-state index is -0.809. The van der Waals surface area contributed by atoms with E-state index >= 15 is 0 Å².